The van der Waals surface area contributed by atoms with Gasteiger partial charge in [-0.2, -0.15) is 0 Å². The Morgan fingerprint density at radius 2 is 1.70 bits per heavy atom. The third kappa shape index (κ3) is 5.90. The predicted octanol–water partition coefficient (Wildman–Crippen LogP) is 5.74. The molecule has 40 heavy (non-hydrogen) atoms. The molecular formula is C33H44N4O3. The number of nitrogens with zero attached hydrogens (tertiary/aromatic N) is 1. The lowest BCUT2D eigenvalue weighted by Gasteiger charge is -2.46. The fraction of sp³-hybridized carbons (Fsp3) is 0.515. The Balaban J connectivity index is 1.57. The second-order valence-corrected chi connectivity index (χ2v) is 13.8. The van der Waals surface area contributed by atoms with Crippen molar-refractivity contribution in [3.63, 3.8) is 0 Å². The molecule has 2 aliphatic heterocycles. The number of allylic oxidation sites excluding steroid dienone is 1. The highest BCUT2D eigenvalue weighted by molar-refractivity contribution is 6.02. The summed E-state index contributed by atoms with van der Waals surface area (Å²) in [5.41, 5.74) is 4.09. The third-order valence-electron chi connectivity index (χ3n) is 8.28. The number of piperidine rings is 1. The van der Waals surface area contributed by atoms with Crippen molar-refractivity contribution in [1.29, 1.82) is 0 Å². The Bertz CT molecular complexity index is 1330. The summed E-state index contributed by atoms with van der Waals surface area (Å²) in [7, 11) is 1.65. The minimum atomic E-state index is -0.434. The number of nitrogens with one attached hydrogen (secondary N) is 3. The van der Waals surface area contributed by atoms with Crippen LogP contribution in [-0.4, -0.2) is 42.5 Å². The Morgan fingerprint density at radius 1 is 1.00 bits per heavy atom. The fourth-order valence-corrected chi connectivity index (χ4v) is 7.24. The quantitative estimate of drug-likeness (QED) is 0.446. The van der Waals surface area contributed by atoms with E-state index in [1.165, 1.54) is 0 Å². The van der Waals surface area contributed by atoms with Crippen molar-refractivity contribution >= 4 is 23.1 Å². The van der Waals surface area contributed by atoms with Crippen molar-refractivity contribution in [2.24, 2.45) is 5.41 Å². The number of ether oxygens (including phenoxy) is 1. The van der Waals surface area contributed by atoms with Crippen LogP contribution < -0.4 is 25.6 Å². The summed E-state index contributed by atoms with van der Waals surface area (Å²) in [6.07, 6.45) is 2.91. The molecule has 0 radical (unpaired) electrons. The minimum Gasteiger partial charge on any atom is -0.497 e. The zero-order valence-electron chi connectivity index (χ0n) is 25.0. The van der Waals surface area contributed by atoms with Gasteiger partial charge >= 0.3 is 0 Å². The van der Waals surface area contributed by atoms with Gasteiger partial charge in [-0.05, 0) is 82.2 Å². The van der Waals surface area contributed by atoms with Crippen molar-refractivity contribution < 1.29 is 14.3 Å². The van der Waals surface area contributed by atoms with Crippen LogP contribution >= 0.6 is 0 Å². The van der Waals surface area contributed by atoms with E-state index < -0.39 is 6.04 Å². The second-order valence-electron chi connectivity index (χ2n) is 13.8. The number of anilines is 2. The topological polar surface area (TPSA) is 82.7 Å². The molecule has 1 saturated heterocycles. The number of benzene rings is 2. The SMILES string of the molecule is COc1cccc(C2C3=C(CC(C)(C)CC3=O)Nc3ccccc3N2CC(=O)NC2CC(C)(C)NC(C)(C)C2)c1. The van der Waals surface area contributed by atoms with Crippen LogP contribution in [0.25, 0.3) is 0 Å². The number of hydrogen-bond acceptors (Lipinski definition) is 6. The smallest absolute Gasteiger partial charge is 0.239 e. The molecule has 3 N–H and O–H groups in total. The first kappa shape index (κ1) is 28.2. The lowest BCUT2D eigenvalue weighted by molar-refractivity contribution is -0.121. The van der Waals surface area contributed by atoms with Crippen LogP contribution in [0.15, 0.2) is 59.8 Å². The van der Waals surface area contributed by atoms with Crippen LogP contribution in [0.4, 0.5) is 11.4 Å². The van der Waals surface area contributed by atoms with E-state index in [2.05, 4.69) is 62.4 Å². The van der Waals surface area contributed by atoms with Crippen LogP contribution in [0, 0.1) is 5.41 Å². The maximum atomic E-state index is 13.9. The van der Waals surface area contributed by atoms with E-state index in [0.29, 0.717) is 6.42 Å². The molecule has 1 aliphatic carbocycles. The highest BCUT2D eigenvalue weighted by atomic mass is 16.5. The highest BCUT2D eigenvalue weighted by Crippen LogP contribution is 2.48. The van der Waals surface area contributed by atoms with Crippen molar-refractivity contribution in [3.05, 3.63) is 65.4 Å². The second kappa shape index (κ2) is 10.3. The molecule has 2 aromatic carbocycles. The molecule has 2 aromatic rings. The molecule has 1 atom stereocenters. The highest BCUT2D eigenvalue weighted by Gasteiger charge is 2.43. The van der Waals surface area contributed by atoms with Crippen LogP contribution in [0.3, 0.4) is 0 Å². The van der Waals surface area contributed by atoms with E-state index in [-0.39, 0.29) is 40.8 Å². The molecule has 0 spiro atoms. The van der Waals surface area contributed by atoms with Gasteiger partial charge in [-0.15, -0.1) is 0 Å². The van der Waals surface area contributed by atoms with Gasteiger partial charge in [0.25, 0.3) is 0 Å². The normalized spacial score (nSPS) is 23.4. The summed E-state index contributed by atoms with van der Waals surface area (Å²) in [5, 5.41) is 10.7. The molecule has 0 aromatic heterocycles. The maximum Gasteiger partial charge on any atom is 0.239 e. The van der Waals surface area contributed by atoms with Crippen LogP contribution in [0.2, 0.25) is 0 Å². The zero-order chi connectivity index (χ0) is 28.9. The standard InChI is InChI=1S/C33H44N4O3/c1-31(2)18-25-29(27(38)19-31)30(21-11-10-12-23(15-21)40-7)37(26-14-9-8-13-24(26)35-25)20-28(39)34-22-16-32(3,4)36-33(5,6)17-22/h8-15,22,30,35-36H,16-20H2,1-7H3,(H,34,39). The number of carbonyl (C=O) groups excluding carboxylic acids is 2. The van der Waals surface area contributed by atoms with E-state index in [1.54, 1.807) is 7.11 Å². The number of methoxy groups -OCH3 is 1. The van der Waals surface area contributed by atoms with E-state index in [1.807, 2.05) is 48.5 Å². The first-order valence-electron chi connectivity index (χ1n) is 14.4. The molecule has 1 unspecified atom stereocenters. The van der Waals surface area contributed by atoms with Gasteiger partial charge in [0.1, 0.15) is 5.75 Å². The van der Waals surface area contributed by atoms with Crippen molar-refractivity contribution in [2.75, 3.05) is 23.9 Å². The van der Waals surface area contributed by atoms with E-state index >= 15 is 0 Å². The van der Waals surface area contributed by atoms with Gasteiger partial charge in [0.15, 0.2) is 5.78 Å². The number of ketones is 1. The third-order valence-corrected chi connectivity index (χ3v) is 8.28. The van der Waals surface area contributed by atoms with Gasteiger partial charge in [-0.1, -0.05) is 38.1 Å². The number of para-hydroxylation sites is 2. The molecular weight excluding hydrogens is 500 g/mol. The summed E-state index contributed by atoms with van der Waals surface area (Å²) < 4.78 is 5.58. The molecule has 7 heteroatoms. The average molecular weight is 545 g/mol. The number of hydrogen-bond donors (Lipinski definition) is 3. The zero-order valence-corrected chi connectivity index (χ0v) is 25.0. The molecule has 5 rings (SSSR count). The van der Waals surface area contributed by atoms with E-state index in [9.17, 15) is 9.59 Å². The lowest BCUT2D eigenvalue weighted by Crippen LogP contribution is -2.62. The maximum absolute atomic E-state index is 13.9. The average Bonchev–Trinajstić information content (AvgIpc) is 2.95. The Labute approximate surface area is 238 Å². The summed E-state index contributed by atoms with van der Waals surface area (Å²) >= 11 is 0. The van der Waals surface area contributed by atoms with Crippen molar-refractivity contribution in [3.8, 4) is 5.75 Å². The molecule has 1 fully saturated rings. The van der Waals surface area contributed by atoms with Gasteiger partial charge in [0, 0.05) is 34.8 Å². The molecule has 2 heterocycles. The van der Waals surface area contributed by atoms with Crippen molar-refractivity contribution in [1.82, 2.24) is 10.6 Å². The molecule has 0 saturated carbocycles. The molecule has 3 aliphatic rings. The van der Waals surface area contributed by atoms with Gasteiger partial charge < -0.3 is 25.6 Å². The van der Waals surface area contributed by atoms with Crippen LogP contribution in [-0.2, 0) is 9.59 Å². The van der Waals surface area contributed by atoms with Gasteiger partial charge in [0.2, 0.25) is 5.91 Å². The molecule has 7 nitrogen and oxygen atoms in total. The predicted molar refractivity (Wildman–Crippen MR) is 161 cm³/mol. The van der Waals surface area contributed by atoms with Crippen LogP contribution in [0.1, 0.15) is 78.8 Å². The summed E-state index contributed by atoms with van der Waals surface area (Å²) in [5.74, 6) is 0.790. The first-order valence-corrected chi connectivity index (χ1v) is 14.4. The summed E-state index contributed by atoms with van der Waals surface area (Å²) in [6, 6.07) is 15.5. The van der Waals surface area contributed by atoms with Gasteiger partial charge in [-0.3, -0.25) is 9.59 Å². The largest absolute Gasteiger partial charge is 0.497 e. The number of carbonyl (C=O) groups is 2. The Morgan fingerprint density at radius 3 is 2.40 bits per heavy atom. The number of Topliss-reactive ketones (excluding diaryl/α,β-unsaturated/α-hetero) is 1. The number of amides is 1. The summed E-state index contributed by atoms with van der Waals surface area (Å²) in [4.78, 5) is 29.9. The molecule has 214 valence electrons. The molecule has 0 bridgehead atoms. The summed E-state index contributed by atoms with van der Waals surface area (Å²) in [6.45, 7) is 13.2. The Kier molecular flexibility index (Phi) is 7.24. The number of rotatable bonds is 5. The Hall–Kier alpha value is -3.32. The van der Waals surface area contributed by atoms with E-state index in [0.717, 1.165) is 53.2 Å². The first-order chi connectivity index (χ1) is 18.8. The van der Waals surface area contributed by atoms with Crippen LogP contribution in [0.5, 0.6) is 5.75 Å². The van der Waals surface area contributed by atoms with Gasteiger partial charge in [-0.25, -0.2) is 0 Å². The van der Waals surface area contributed by atoms with Crippen molar-refractivity contribution in [2.45, 2.75) is 90.4 Å². The van der Waals surface area contributed by atoms with E-state index in [4.69, 9.17) is 4.74 Å². The monoisotopic (exact) mass is 544 g/mol. The fourth-order valence-electron chi connectivity index (χ4n) is 7.24. The molecule has 1 amide bonds. The minimum absolute atomic E-state index is 0.0474. The number of fused-ring (bicyclic) bond motifs is 1. The lowest BCUT2D eigenvalue weighted by atomic mass is 9.73. The van der Waals surface area contributed by atoms with Gasteiger partial charge in [0.05, 0.1) is 31.1 Å².